The fraction of sp³-hybridized carbons (Fsp3) is 0.514. The summed E-state index contributed by atoms with van der Waals surface area (Å²) in [4.78, 5) is 55.8. The molecule has 3 unspecified atom stereocenters. The zero-order chi connectivity index (χ0) is 34.5. The Morgan fingerprint density at radius 2 is 1.48 bits per heavy atom. The minimum absolute atomic E-state index is 0.145. The first kappa shape index (κ1) is 38.1. The molecule has 250 valence electrons. The standard InChI is InChI=1S/C35H48N4O6S/c1-9-24-15-17-26(18-16-24)29(30(40)37-28(32(42)44-34(2,3)4)23-25-13-11-10-12-14-25)39(21-20-36)31(41)27(19-22-46-8)38-33(43)45-35(5,6)7/h10-18,27-29H,9,19,21-23H2,1-8H3,(H,37,40)(H,38,43). The average molecular weight is 653 g/mol. The molecule has 0 aliphatic rings. The van der Waals surface area contributed by atoms with Crippen molar-refractivity contribution in [3.63, 3.8) is 0 Å². The topological polar surface area (TPSA) is 138 Å². The van der Waals surface area contributed by atoms with E-state index in [0.717, 1.165) is 22.4 Å². The molecule has 0 aliphatic heterocycles. The van der Waals surface area contributed by atoms with Gasteiger partial charge in [-0.05, 0) is 83.1 Å². The Kier molecular flexibility index (Phi) is 14.6. The molecule has 0 bridgehead atoms. The molecule has 46 heavy (non-hydrogen) atoms. The summed E-state index contributed by atoms with van der Waals surface area (Å²) in [6.07, 6.45) is 2.22. The molecule has 0 saturated heterocycles. The van der Waals surface area contributed by atoms with Crippen LogP contribution in [-0.4, -0.2) is 70.6 Å². The highest BCUT2D eigenvalue weighted by Gasteiger charge is 2.38. The lowest BCUT2D eigenvalue weighted by Crippen LogP contribution is -2.55. The Hall–Kier alpha value is -4.04. The van der Waals surface area contributed by atoms with Crippen LogP contribution < -0.4 is 10.6 Å². The Morgan fingerprint density at radius 3 is 2.00 bits per heavy atom. The number of thioether (sulfide) groups is 1. The first-order valence-electron chi connectivity index (χ1n) is 15.4. The van der Waals surface area contributed by atoms with Gasteiger partial charge in [-0.3, -0.25) is 9.59 Å². The summed E-state index contributed by atoms with van der Waals surface area (Å²) < 4.78 is 11.1. The number of aryl methyl sites for hydroxylation is 1. The lowest BCUT2D eigenvalue weighted by molar-refractivity contribution is -0.159. The third-order valence-electron chi connectivity index (χ3n) is 6.68. The van der Waals surface area contributed by atoms with E-state index in [1.54, 1.807) is 53.7 Å². The molecular weight excluding hydrogens is 604 g/mol. The molecule has 0 aromatic heterocycles. The number of hydrogen-bond acceptors (Lipinski definition) is 8. The van der Waals surface area contributed by atoms with E-state index in [-0.39, 0.29) is 12.8 Å². The minimum Gasteiger partial charge on any atom is -0.458 e. The van der Waals surface area contributed by atoms with Gasteiger partial charge in [0.15, 0.2) is 0 Å². The quantitative estimate of drug-likeness (QED) is 0.206. The number of nitrogens with zero attached hydrogens (tertiary/aromatic N) is 2. The van der Waals surface area contributed by atoms with Crippen molar-refractivity contribution in [2.75, 3.05) is 18.6 Å². The van der Waals surface area contributed by atoms with Crippen LogP contribution in [0.2, 0.25) is 0 Å². The molecule has 2 aromatic rings. The van der Waals surface area contributed by atoms with Crippen molar-refractivity contribution in [1.82, 2.24) is 15.5 Å². The molecule has 0 spiro atoms. The average Bonchev–Trinajstić information content (AvgIpc) is 2.97. The highest BCUT2D eigenvalue weighted by atomic mass is 32.2. The van der Waals surface area contributed by atoms with Crippen LogP contribution in [0.3, 0.4) is 0 Å². The van der Waals surface area contributed by atoms with Crippen LogP contribution >= 0.6 is 11.8 Å². The van der Waals surface area contributed by atoms with Crippen molar-refractivity contribution in [1.29, 1.82) is 5.26 Å². The van der Waals surface area contributed by atoms with Gasteiger partial charge in [0, 0.05) is 6.42 Å². The number of rotatable bonds is 14. The highest BCUT2D eigenvalue weighted by Crippen LogP contribution is 2.25. The predicted octanol–water partition coefficient (Wildman–Crippen LogP) is 5.36. The molecule has 0 heterocycles. The minimum atomic E-state index is -1.30. The molecule has 2 N–H and O–H groups in total. The van der Waals surface area contributed by atoms with Crippen LogP contribution in [-0.2, 0) is 36.7 Å². The smallest absolute Gasteiger partial charge is 0.408 e. The molecule has 11 heteroatoms. The van der Waals surface area contributed by atoms with Crippen LogP contribution in [0.15, 0.2) is 54.6 Å². The third kappa shape index (κ3) is 12.8. The number of alkyl carbamates (subject to hydrolysis) is 1. The van der Waals surface area contributed by atoms with Crippen LogP contribution in [0.4, 0.5) is 4.79 Å². The molecule has 0 radical (unpaired) electrons. The molecule has 0 saturated carbocycles. The lowest BCUT2D eigenvalue weighted by atomic mass is 9.99. The summed E-state index contributed by atoms with van der Waals surface area (Å²) in [6.45, 7) is 11.9. The number of carbonyl (C=O) groups excluding carboxylic acids is 4. The van der Waals surface area contributed by atoms with E-state index in [4.69, 9.17) is 9.47 Å². The second-order valence-electron chi connectivity index (χ2n) is 12.9. The number of ether oxygens (including phenoxy) is 2. The summed E-state index contributed by atoms with van der Waals surface area (Å²) in [5.41, 5.74) is 0.643. The van der Waals surface area contributed by atoms with E-state index in [9.17, 15) is 24.4 Å². The number of hydrogen-bond donors (Lipinski definition) is 2. The summed E-state index contributed by atoms with van der Waals surface area (Å²) in [7, 11) is 0. The van der Waals surface area contributed by atoms with Gasteiger partial charge in [-0.15, -0.1) is 0 Å². The van der Waals surface area contributed by atoms with Crippen molar-refractivity contribution in [2.45, 2.75) is 97.1 Å². The van der Waals surface area contributed by atoms with Crippen LogP contribution in [0, 0.1) is 11.3 Å². The lowest BCUT2D eigenvalue weighted by Gasteiger charge is -2.34. The molecule has 10 nitrogen and oxygen atoms in total. The number of benzene rings is 2. The zero-order valence-corrected chi connectivity index (χ0v) is 29.0. The van der Waals surface area contributed by atoms with E-state index in [1.165, 1.54) is 11.8 Å². The second-order valence-corrected chi connectivity index (χ2v) is 13.9. The van der Waals surface area contributed by atoms with Crippen molar-refractivity contribution in [2.24, 2.45) is 0 Å². The Balaban J connectivity index is 2.58. The van der Waals surface area contributed by atoms with Crippen LogP contribution in [0.25, 0.3) is 0 Å². The molecule has 0 aliphatic carbocycles. The molecule has 0 fully saturated rings. The zero-order valence-electron chi connectivity index (χ0n) is 28.2. The third-order valence-corrected chi connectivity index (χ3v) is 7.32. The molecule has 3 atom stereocenters. The number of nitriles is 1. The fourth-order valence-electron chi connectivity index (χ4n) is 4.59. The van der Waals surface area contributed by atoms with Gasteiger partial charge in [0.1, 0.15) is 35.9 Å². The summed E-state index contributed by atoms with van der Waals surface area (Å²) in [5, 5.41) is 15.3. The number of nitrogens with one attached hydrogen (secondary N) is 2. The van der Waals surface area contributed by atoms with Gasteiger partial charge in [-0.1, -0.05) is 61.5 Å². The molecule has 2 rings (SSSR count). The monoisotopic (exact) mass is 652 g/mol. The Bertz CT molecular complexity index is 1350. The molecular formula is C35H48N4O6S. The maximum Gasteiger partial charge on any atom is 0.408 e. The molecule has 3 amide bonds. The van der Waals surface area contributed by atoms with Crippen LogP contribution in [0.5, 0.6) is 0 Å². The largest absolute Gasteiger partial charge is 0.458 e. The van der Waals surface area contributed by atoms with E-state index in [1.807, 2.05) is 61.7 Å². The maximum atomic E-state index is 14.3. The Morgan fingerprint density at radius 1 is 0.870 bits per heavy atom. The van der Waals surface area contributed by atoms with Gasteiger partial charge in [0.25, 0.3) is 0 Å². The maximum absolute atomic E-state index is 14.3. The van der Waals surface area contributed by atoms with Gasteiger partial charge in [-0.25, -0.2) is 9.59 Å². The van der Waals surface area contributed by atoms with Crippen LogP contribution in [0.1, 0.15) is 77.6 Å². The number of carbonyl (C=O) groups is 4. The normalized spacial score (nSPS) is 13.4. The summed E-state index contributed by atoms with van der Waals surface area (Å²) >= 11 is 1.49. The fourth-order valence-corrected chi connectivity index (χ4v) is 5.06. The van der Waals surface area contributed by atoms with E-state index >= 15 is 0 Å². The second kappa shape index (κ2) is 17.6. The van der Waals surface area contributed by atoms with E-state index in [2.05, 4.69) is 10.6 Å². The van der Waals surface area contributed by atoms with E-state index < -0.39 is 59.7 Å². The van der Waals surface area contributed by atoms with Crippen molar-refractivity contribution in [3.05, 3.63) is 71.3 Å². The molecule has 2 aromatic carbocycles. The SMILES string of the molecule is CCc1ccc(C(C(=O)NC(Cc2ccccc2)C(=O)OC(C)(C)C)N(CC#N)C(=O)C(CCSC)NC(=O)OC(C)(C)C)cc1. The predicted molar refractivity (Wildman–Crippen MR) is 180 cm³/mol. The van der Waals surface area contributed by atoms with Crippen molar-refractivity contribution >= 4 is 35.6 Å². The number of esters is 1. The van der Waals surface area contributed by atoms with Crippen molar-refractivity contribution in [3.8, 4) is 6.07 Å². The first-order chi connectivity index (χ1) is 21.6. The van der Waals surface area contributed by atoms with Gasteiger partial charge in [-0.2, -0.15) is 17.0 Å². The van der Waals surface area contributed by atoms with Gasteiger partial charge < -0.3 is 25.0 Å². The number of amides is 3. The Labute approximate surface area is 277 Å². The van der Waals surface area contributed by atoms with Gasteiger partial charge in [0.2, 0.25) is 11.8 Å². The summed E-state index contributed by atoms with van der Waals surface area (Å²) in [5.74, 6) is -1.40. The summed E-state index contributed by atoms with van der Waals surface area (Å²) in [6, 6.07) is 14.9. The van der Waals surface area contributed by atoms with E-state index in [0.29, 0.717) is 11.3 Å². The first-order valence-corrected chi connectivity index (χ1v) is 16.8. The van der Waals surface area contributed by atoms with Crippen molar-refractivity contribution < 1.29 is 28.7 Å². The van der Waals surface area contributed by atoms with Gasteiger partial charge in [0.05, 0.1) is 6.07 Å². The highest BCUT2D eigenvalue weighted by molar-refractivity contribution is 7.98. The van der Waals surface area contributed by atoms with Gasteiger partial charge >= 0.3 is 12.1 Å².